The number of hydrogen-bond donors (Lipinski definition) is 2. The van der Waals surface area contributed by atoms with Crippen LogP contribution in [-0.2, 0) is 11.3 Å². The molecule has 1 aliphatic carbocycles. The van der Waals surface area contributed by atoms with Crippen molar-refractivity contribution < 1.29 is 4.79 Å². The summed E-state index contributed by atoms with van der Waals surface area (Å²) < 4.78 is 2.23. The van der Waals surface area contributed by atoms with Crippen LogP contribution in [0.15, 0.2) is 36.9 Å². The van der Waals surface area contributed by atoms with Gasteiger partial charge >= 0.3 is 0 Å². The van der Waals surface area contributed by atoms with E-state index in [0.717, 1.165) is 44.7 Å². The summed E-state index contributed by atoms with van der Waals surface area (Å²) in [6.07, 6.45) is 13.2. The van der Waals surface area contributed by atoms with Crippen LogP contribution in [0.5, 0.6) is 0 Å². The lowest BCUT2D eigenvalue weighted by Crippen LogP contribution is -2.50. The fraction of sp³-hybridized carbons (Fsp3) is 0.571. The van der Waals surface area contributed by atoms with Crippen LogP contribution >= 0.6 is 0 Å². The average molecular weight is 380 g/mol. The van der Waals surface area contributed by atoms with Crippen molar-refractivity contribution in [3.8, 4) is 0 Å². The highest BCUT2D eigenvalue weighted by Crippen LogP contribution is 2.33. The smallest absolute Gasteiger partial charge is 0.241 e. The summed E-state index contributed by atoms with van der Waals surface area (Å²) in [6, 6.07) is 4.50. The monoisotopic (exact) mass is 380 g/mol. The maximum absolute atomic E-state index is 13.0. The fourth-order valence-corrected chi connectivity index (χ4v) is 5.17. The third-order valence-corrected chi connectivity index (χ3v) is 6.68. The van der Waals surface area contributed by atoms with E-state index in [0.29, 0.717) is 17.9 Å². The highest BCUT2D eigenvalue weighted by atomic mass is 16.2. The molecule has 0 aromatic carbocycles. The topological polar surface area (TPSA) is 75.1 Å². The van der Waals surface area contributed by atoms with Crippen molar-refractivity contribution in [2.75, 3.05) is 13.1 Å². The van der Waals surface area contributed by atoms with Gasteiger partial charge in [0.2, 0.25) is 5.91 Å². The van der Waals surface area contributed by atoms with Crippen LogP contribution in [0.4, 0.5) is 0 Å². The van der Waals surface area contributed by atoms with Gasteiger partial charge in [0.05, 0.1) is 6.54 Å². The lowest BCUT2D eigenvalue weighted by molar-refractivity contribution is -0.135. The van der Waals surface area contributed by atoms with Crippen LogP contribution in [-0.4, -0.2) is 50.5 Å². The van der Waals surface area contributed by atoms with Crippen LogP contribution in [0.3, 0.4) is 0 Å². The number of likely N-dealkylation sites (tertiary alicyclic amines) is 1. The molecule has 0 bridgehead atoms. The third-order valence-electron chi connectivity index (χ3n) is 6.68. The van der Waals surface area contributed by atoms with E-state index in [1.807, 2.05) is 24.7 Å². The Labute approximate surface area is 165 Å². The van der Waals surface area contributed by atoms with Crippen molar-refractivity contribution in [3.63, 3.8) is 0 Å². The van der Waals surface area contributed by atoms with Gasteiger partial charge in [-0.25, -0.2) is 10.4 Å². The number of hydrogen-bond acceptors (Lipinski definition) is 5. The molecular weight excluding hydrogens is 352 g/mol. The maximum Gasteiger partial charge on any atom is 0.241 e. The quantitative estimate of drug-likeness (QED) is 0.844. The molecule has 2 saturated heterocycles. The molecule has 3 atom stereocenters. The molecule has 3 unspecified atom stereocenters. The minimum atomic E-state index is -0.0448. The lowest BCUT2D eigenvalue weighted by atomic mass is 9.92. The fourth-order valence-electron chi connectivity index (χ4n) is 5.17. The van der Waals surface area contributed by atoms with E-state index in [-0.39, 0.29) is 11.9 Å². The zero-order valence-corrected chi connectivity index (χ0v) is 16.1. The normalized spacial score (nSPS) is 27.9. The largest absolute Gasteiger partial charge is 0.341 e. The van der Waals surface area contributed by atoms with E-state index >= 15 is 0 Å². The van der Waals surface area contributed by atoms with Crippen molar-refractivity contribution >= 4 is 5.91 Å². The third kappa shape index (κ3) is 3.33. The predicted molar refractivity (Wildman–Crippen MR) is 105 cm³/mol. The number of carbonyl (C=O) groups is 1. The van der Waals surface area contributed by atoms with Gasteiger partial charge in [0.25, 0.3) is 0 Å². The van der Waals surface area contributed by atoms with E-state index < -0.39 is 0 Å². The number of amides is 1. The van der Waals surface area contributed by atoms with Crippen molar-refractivity contribution in [3.05, 3.63) is 48.3 Å². The molecule has 5 rings (SSSR count). The van der Waals surface area contributed by atoms with Gasteiger partial charge in [0.1, 0.15) is 11.9 Å². The highest BCUT2D eigenvalue weighted by molar-refractivity contribution is 5.82. The summed E-state index contributed by atoms with van der Waals surface area (Å²) in [4.78, 5) is 24.0. The van der Waals surface area contributed by atoms with E-state index in [2.05, 4.69) is 36.4 Å². The second-order valence-corrected chi connectivity index (χ2v) is 8.34. The van der Waals surface area contributed by atoms with E-state index in [1.165, 1.54) is 18.4 Å². The maximum atomic E-state index is 13.0. The number of pyridine rings is 1. The van der Waals surface area contributed by atoms with Crippen molar-refractivity contribution in [1.29, 1.82) is 0 Å². The van der Waals surface area contributed by atoms with Gasteiger partial charge in [-0.05, 0) is 37.3 Å². The van der Waals surface area contributed by atoms with Crippen molar-refractivity contribution in [1.82, 2.24) is 30.3 Å². The van der Waals surface area contributed by atoms with E-state index in [1.54, 1.807) is 6.20 Å². The summed E-state index contributed by atoms with van der Waals surface area (Å²) >= 11 is 0. The molecule has 0 radical (unpaired) electrons. The molecule has 7 nitrogen and oxygen atoms in total. The Balaban J connectivity index is 1.21. The van der Waals surface area contributed by atoms with Gasteiger partial charge in [-0.3, -0.25) is 15.2 Å². The Morgan fingerprint density at radius 1 is 1.14 bits per heavy atom. The summed E-state index contributed by atoms with van der Waals surface area (Å²) in [6.45, 7) is 2.43. The van der Waals surface area contributed by atoms with Gasteiger partial charge in [-0.1, -0.05) is 12.5 Å². The number of nitrogens with zero attached hydrogens (tertiary/aromatic N) is 4. The van der Waals surface area contributed by atoms with Gasteiger partial charge < -0.3 is 9.47 Å². The molecule has 2 aromatic heterocycles. The summed E-state index contributed by atoms with van der Waals surface area (Å²) in [5, 5.41) is 0. The number of aromatic nitrogens is 3. The Kier molecular flexibility index (Phi) is 4.86. The van der Waals surface area contributed by atoms with Crippen LogP contribution in [0, 0.1) is 5.92 Å². The van der Waals surface area contributed by atoms with Gasteiger partial charge in [0, 0.05) is 55.8 Å². The molecule has 1 amide bonds. The number of piperidine rings is 1. The zero-order valence-electron chi connectivity index (χ0n) is 16.1. The van der Waals surface area contributed by atoms with Gasteiger partial charge in [-0.2, -0.15) is 0 Å². The number of nitrogens with one attached hydrogen (secondary N) is 2. The summed E-state index contributed by atoms with van der Waals surface area (Å²) in [7, 11) is 0. The Morgan fingerprint density at radius 2 is 2.04 bits per heavy atom. The Morgan fingerprint density at radius 3 is 2.86 bits per heavy atom. The molecular formula is C21H28N6O. The van der Waals surface area contributed by atoms with Crippen molar-refractivity contribution in [2.45, 2.75) is 56.7 Å². The minimum absolute atomic E-state index is 0.0448. The molecule has 7 heteroatoms. The minimum Gasteiger partial charge on any atom is -0.341 e. The standard InChI is InChI=1S/C21H28N6O/c28-21(19-17-4-1-5-18(17)24-25-19)26-10-6-16(7-11-26)20-23-9-12-27(20)14-15-3-2-8-22-13-15/h2-3,8-9,12-13,16-19,24-25H,1,4-7,10-11,14H2. The van der Waals surface area contributed by atoms with Crippen molar-refractivity contribution in [2.24, 2.45) is 5.92 Å². The van der Waals surface area contributed by atoms with Crippen LogP contribution in [0.25, 0.3) is 0 Å². The zero-order chi connectivity index (χ0) is 18.9. The second kappa shape index (κ2) is 7.64. The molecule has 148 valence electrons. The van der Waals surface area contributed by atoms with E-state index in [9.17, 15) is 4.79 Å². The number of hydrazine groups is 1. The molecule has 1 saturated carbocycles. The van der Waals surface area contributed by atoms with E-state index in [4.69, 9.17) is 0 Å². The first-order valence-electron chi connectivity index (χ1n) is 10.5. The first-order chi connectivity index (χ1) is 13.8. The first-order valence-corrected chi connectivity index (χ1v) is 10.5. The molecule has 0 spiro atoms. The molecule has 3 aliphatic rings. The molecule has 3 fully saturated rings. The molecule has 2 N–H and O–H groups in total. The number of rotatable bonds is 4. The Bertz CT molecular complexity index is 813. The summed E-state index contributed by atoms with van der Waals surface area (Å²) in [5.41, 5.74) is 7.78. The number of fused-ring (bicyclic) bond motifs is 1. The lowest BCUT2D eigenvalue weighted by Gasteiger charge is -2.34. The highest BCUT2D eigenvalue weighted by Gasteiger charge is 2.44. The molecule has 2 aliphatic heterocycles. The molecule has 2 aromatic rings. The predicted octanol–water partition coefficient (Wildman–Crippen LogP) is 1.68. The van der Waals surface area contributed by atoms with Gasteiger partial charge in [-0.15, -0.1) is 0 Å². The number of carbonyl (C=O) groups excluding carboxylic acids is 1. The van der Waals surface area contributed by atoms with Crippen LogP contribution in [0.2, 0.25) is 0 Å². The molecule has 28 heavy (non-hydrogen) atoms. The number of imidazole rings is 1. The Hall–Kier alpha value is -2.25. The summed E-state index contributed by atoms with van der Waals surface area (Å²) in [5.74, 6) is 2.28. The van der Waals surface area contributed by atoms with Gasteiger partial charge in [0.15, 0.2) is 0 Å². The van der Waals surface area contributed by atoms with Crippen LogP contribution in [0.1, 0.15) is 49.4 Å². The second-order valence-electron chi connectivity index (χ2n) is 8.34. The van der Waals surface area contributed by atoms with Crippen LogP contribution < -0.4 is 10.9 Å². The average Bonchev–Trinajstić information content (AvgIpc) is 3.46. The first kappa shape index (κ1) is 17.8. The SMILES string of the molecule is O=C(C1NNC2CCCC21)N1CCC(c2nccn2Cc2cccnc2)CC1. The molecule has 4 heterocycles.